The van der Waals surface area contributed by atoms with E-state index in [1.807, 2.05) is 0 Å². The molecule has 1 amide bonds. The molecule has 126 valence electrons. The van der Waals surface area contributed by atoms with Gasteiger partial charge >= 0.3 is 5.97 Å². The minimum absolute atomic E-state index is 0.301. The van der Waals surface area contributed by atoms with E-state index < -0.39 is 28.2 Å². The van der Waals surface area contributed by atoms with Crippen molar-refractivity contribution in [3.63, 3.8) is 0 Å². The van der Waals surface area contributed by atoms with Crippen LogP contribution >= 0.6 is 23.2 Å². The van der Waals surface area contributed by atoms with E-state index in [0.29, 0.717) is 23.6 Å². The largest absolute Gasteiger partial charge is 0.497 e. The Hall–Kier alpha value is -1.66. The molecule has 0 bridgehead atoms. The van der Waals surface area contributed by atoms with Gasteiger partial charge in [0.1, 0.15) is 21.2 Å². The Balaban J connectivity index is 1.92. The normalized spacial score (nSPS) is 21.3. The predicted octanol–water partition coefficient (Wildman–Crippen LogP) is 2.77. The van der Waals surface area contributed by atoms with Crippen LogP contribution < -0.4 is 14.8 Å². The molecular formula is C15H17Cl2NO5. The van der Waals surface area contributed by atoms with E-state index in [4.69, 9.17) is 37.4 Å². The molecule has 1 unspecified atom stereocenters. The van der Waals surface area contributed by atoms with Gasteiger partial charge in [0.15, 0.2) is 6.61 Å². The summed E-state index contributed by atoms with van der Waals surface area (Å²) in [7, 11) is 3.00. The number of halogens is 2. The molecule has 0 radical (unpaired) electrons. The Morgan fingerprint density at radius 1 is 1.26 bits per heavy atom. The number of benzene rings is 1. The molecule has 0 aliphatic heterocycles. The Morgan fingerprint density at radius 3 is 2.43 bits per heavy atom. The number of esters is 1. The Kier molecular flexibility index (Phi) is 4.96. The summed E-state index contributed by atoms with van der Waals surface area (Å²) in [6.45, 7) is 1.16. The van der Waals surface area contributed by atoms with Crippen LogP contribution in [-0.2, 0) is 14.3 Å². The Morgan fingerprint density at radius 2 is 1.91 bits per heavy atom. The van der Waals surface area contributed by atoms with E-state index in [1.165, 1.54) is 14.2 Å². The van der Waals surface area contributed by atoms with Crippen LogP contribution in [0.2, 0.25) is 0 Å². The first-order chi connectivity index (χ1) is 10.7. The van der Waals surface area contributed by atoms with Gasteiger partial charge in [-0.25, -0.2) is 0 Å². The number of anilines is 1. The van der Waals surface area contributed by atoms with E-state index in [0.717, 1.165) is 0 Å². The first-order valence-electron chi connectivity index (χ1n) is 6.80. The Bertz CT molecular complexity index is 634. The highest BCUT2D eigenvalue weighted by atomic mass is 35.5. The average molecular weight is 362 g/mol. The van der Waals surface area contributed by atoms with Gasteiger partial charge in [-0.1, -0.05) is 0 Å². The van der Waals surface area contributed by atoms with Gasteiger partial charge in [0.2, 0.25) is 0 Å². The lowest BCUT2D eigenvalue weighted by Gasteiger charge is -2.13. The third-order valence-electron chi connectivity index (χ3n) is 3.73. The molecule has 8 heteroatoms. The third-order valence-corrected chi connectivity index (χ3v) is 4.83. The van der Waals surface area contributed by atoms with Crippen LogP contribution in [0.5, 0.6) is 11.5 Å². The molecule has 0 heterocycles. The molecule has 0 saturated heterocycles. The second-order valence-corrected chi connectivity index (χ2v) is 6.89. The van der Waals surface area contributed by atoms with E-state index in [2.05, 4.69) is 5.32 Å². The second-order valence-electron chi connectivity index (χ2n) is 5.40. The number of methoxy groups -OCH3 is 2. The average Bonchev–Trinajstić information content (AvgIpc) is 3.04. The van der Waals surface area contributed by atoms with Crippen molar-refractivity contribution in [2.75, 3.05) is 26.1 Å². The van der Waals surface area contributed by atoms with Gasteiger partial charge in [-0.05, 0) is 19.1 Å². The monoisotopic (exact) mass is 361 g/mol. The minimum Gasteiger partial charge on any atom is -0.497 e. The van der Waals surface area contributed by atoms with Crippen LogP contribution in [0.3, 0.4) is 0 Å². The van der Waals surface area contributed by atoms with Crippen LogP contribution in [0.15, 0.2) is 18.2 Å². The number of ether oxygens (including phenoxy) is 3. The number of hydrogen-bond donors (Lipinski definition) is 1. The number of carbonyl (C=O) groups is 2. The lowest BCUT2D eigenvalue weighted by atomic mass is 10.1. The van der Waals surface area contributed by atoms with Crippen LogP contribution in [-0.4, -0.2) is 37.0 Å². The summed E-state index contributed by atoms with van der Waals surface area (Å²) >= 11 is 11.8. The summed E-state index contributed by atoms with van der Waals surface area (Å²) < 4.78 is 14.1. The molecule has 23 heavy (non-hydrogen) atoms. The zero-order valence-electron chi connectivity index (χ0n) is 12.9. The molecule has 6 nitrogen and oxygen atoms in total. The first-order valence-corrected chi connectivity index (χ1v) is 7.56. The van der Waals surface area contributed by atoms with Crippen molar-refractivity contribution < 1.29 is 23.8 Å². The molecule has 1 saturated carbocycles. The summed E-state index contributed by atoms with van der Waals surface area (Å²) in [5.74, 6) is -0.0765. The van der Waals surface area contributed by atoms with Gasteiger partial charge in [0.25, 0.3) is 5.91 Å². The molecule has 0 spiro atoms. The number of carbonyl (C=O) groups excluding carboxylic acids is 2. The van der Waals surface area contributed by atoms with Gasteiger partial charge in [-0.3, -0.25) is 9.59 Å². The van der Waals surface area contributed by atoms with Crippen LogP contribution in [0, 0.1) is 5.41 Å². The predicted molar refractivity (Wildman–Crippen MR) is 86.3 cm³/mol. The quantitative estimate of drug-likeness (QED) is 0.622. The van der Waals surface area contributed by atoms with Crippen LogP contribution in [0.1, 0.15) is 13.3 Å². The molecular weight excluding hydrogens is 345 g/mol. The molecule has 1 aliphatic rings. The molecule has 1 aliphatic carbocycles. The van der Waals surface area contributed by atoms with Gasteiger partial charge in [0.05, 0.1) is 19.9 Å². The topological polar surface area (TPSA) is 73.9 Å². The number of nitrogens with one attached hydrogen (secondary N) is 1. The van der Waals surface area contributed by atoms with Crippen molar-refractivity contribution in [3.05, 3.63) is 18.2 Å². The van der Waals surface area contributed by atoms with Crippen molar-refractivity contribution >= 4 is 40.8 Å². The maximum absolute atomic E-state index is 11.9. The third kappa shape index (κ3) is 3.64. The number of alkyl halides is 2. The SMILES string of the molecule is COc1ccc(NC(=O)COC(=O)C2(C)CC2(Cl)Cl)c(OC)c1. The number of rotatable bonds is 6. The van der Waals surface area contributed by atoms with Gasteiger partial charge in [-0.15, -0.1) is 23.2 Å². The minimum atomic E-state index is -1.13. The van der Waals surface area contributed by atoms with E-state index in [-0.39, 0.29) is 0 Å². The lowest BCUT2D eigenvalue weighted by molar-refractivity contribution is -0.152. The highest BCUT2D eigenvalue weighted by Gasteiger charge is 2.69. The summed E-state index contributed by atoms with van der Waals surface area (Å²) in [6, 6.07) is 4.93. The fourth-order valence-electron chi connectivity index (χ4n) is 2.00. The molecule has 2 rings (SSSR count). The van der Waals surface area contributed by atoms with Gasteiger partial charge < -0.3 is 19.5 Å². The molecule has 0 aromatic heterocycles. The fourth-order valence-corrected chi connectivity index (χ4v) is 2.69. The zero-order chi connectivity index (χ0) is 17.3. The van der Waals surface area contributed by atoms with Crippen LogP contribution in [0.25, 0.3) is 0 Å². The highest BCUT2D eigenvalue weighted by Crippen LogP contribution is 2.64. The number of hydrogen-bond acceptors (Lipinski definition) is 5. The van der Waals surface area contributed by atoms with Crippen molar-refractivity contribution in [2.24, 2.45) is 5.41 Å². The molecule has 1 aromatic rings. The maximum Gasteiger partial charge on any atom is 0.315 e. The van der Waals surface area contributed by atoms with Crippen molar-refractivity contribution in [2.45, 2.75) is 17.7 Å². The molecule has 1 atom stereocenters. The van der Waals surface area contributed by atoms with Crippen molar-refractivity contribution in [1.82, 2.24) is 0 Å². The summed E-state index contributed by atoms with van der Waals surface area (Å²) in [5.41, 5.74) is -0.523. The fraction of sp³-hybridized carbons (Fsp3) is 0.467. The van der Waals surface area contributed by atoms with E-state index in [1.54, 1.807) is 25.1 Å². The molecule has 1 N–H and O–H groups in total. The lowest BCUT2D eigenvalue weighted by Crippen LogP contribution is -2.26. The summed E-state index contributed by atoms with van der Waals surface area (Å²) in [4.78, 5) is 23.8. The maximum atomic E-state index is 11.9. The highest BCUT2D eigenvalue weighted by molar-refractivity contribution is 6.53. The number of amides is 1. The molecule has 1 fully saturated rings. The van der Waals surface area contributed by atoms with E-state index in [9.17, 15) is 9.59 Å². The van der Waals surface area contributed by atoms with Gasteiger partial charge in [-0.2, -0.15) is 0 Å². The summed E-state index contributed by atoms with van der Waals surface area (Å²) in [5, 5.41) is 2.60. The van der Waals surface area contributed by atoms with Crippen LogP contribution in [0.4, 0.5) is 5.69 Å². The van der Waals surface area contributed by atoms with Gasteiger partial charge in [0, 0.05) is 12.5 Å². The second kappa shape index (κ2) is 6.45. The molecule has 1 aromatic carbocycles. The first kappa shape index (κ1) is 17.7. The van der Waals surface area contributed by atoms with E-state index >= 15 is 0 Å². The van der Waals surface area contributed by atoms with Crippen molar-refractivity contribution in [1.29, 1.82) is 0 Å². The zero-order valence-corrected chi connectivity index (χ0v) is 14.5. The van der Waals surface area contributed by atoms with Crippen molar-refractivity contribution in [3.8, 4) is 11.5 Å². The summed E-state index contributed by atoms with van der Waals surface area (Å²) in [6.07, 6.45) is 0.301. The smallest absolute Gasteiger partial charge is 0.315 e. The Labute approximate surface area is 144 Å². The standard InChI is InChI=1S/C15H17Cl2NO5/c1-14(8-15(14,16)17)13(20)23-7-12(19)18-10-5-4-9(21-2)6-11(10)22-3/h4-6H,7-8H2,1-3H3,(H,18,19).